The monoisotopic (exact) mass is 373 g/mol. The van der Waals surface area contributed by atoms with Crippen molar-refractivity contribution in [3.8, 4) is 5.75 Å². The summed E-state index contributed by atoms with van der Waals surface area (Å²) in [5.41, 5.74) is 0.625. The van der Waals surface area contributed by atoms with Crippen LogP contribution < -0.4 is 10.1 Å². The Balaban J connectivity index is 1.91. The highest BCUT2D eigenvalue weighted by atomic mass is 35.5. The highest BCUT2D eigenvalue weighted by Gasteiger charge is 2.24. The Morgan fingerprint density at radius 3 is 2.40 bits per heavy atom. The number of hydrogen-bond acceptors (Lipinski definition) is 2. The van der Waals surface area contributed by atoms with Crippen molar-refractivity contribution in [1.82, 2.24) is 5.32 Å². The van der Waals surface area contributed by atoms with Crippen LogP contribution in [-0.2, 0) is 6.61 Å². The second kappa shape index (κ2) is 7.62. The number of piperidine rings is 1. The van der Waals surface area contributed by atoms with Gasteiger partial charge in [-0.1, -0.05) is 11.6 Å². The molecule has 1 aliphatic rings. The molecule has 0 aliphatic carbocycles. The molecule has 134 valence electrons. The molecule has 0 amide bonds. The minimum absolute atomic E-state index is 0.0896. The minimum Gasteiger partial charge on any atom is -0.484 e. The molecule has 2 aromatic carbocycles. The third-order valence-electron chi connectivity index (χ3n) is 4.30. The van der Waals surface area contributed by atoms with Gasteiger partial charge in [-0.25, -0.2) is 17.6 Å². The Bertz CT molecular complexity index is 778. The summed E-state index contributed by atoms with van der Waals surface area (Å²) in [5.74, 6) is -3.64. The maximum atomic E-state index is 14.4. The van der Waals surface area contributed by atoms with Gasteiger partial charge in [0, 0.05) is 6.07 Å². The summed E-state index contributed by atoms with van der Waals surface area (Å²) in [6.45, 7) is 1.15. The van der Waals surface area contributed by atoms with Crippen molar-refractivity contribution in [1.29, 1.82) is 0 Å². The summed E-state index contributed by atoms with van der Waals surface area (Å²) < 4.78 is 60.6. The summed E-state index contributed by atoms with van der Waals surface area (Å²) >= 11 is 5.72. The lowest BCUT2D eigenvalue weighted by Gasteiger charge is -2.25. The smallest absolute Gasteiger partial charge is 0.177 e. The Morgan fingerprint density at radius 1 is 1.00 bits per heavy atom. The van der Waals surface area contributed by atoms with Crippen molar-refractivity contribution < 1.29 is 22.3 Å². The van der Waals surface area contributed by atoms with Crippen LogP contribution in [0.25, 0.3) is 0 Å². The average Bonchev–Trinajstić information content (AvgIpc) is 2.58. The molecule has 0 atom stereocenters. The van der Waals surface area contributed by atoms with Crippen LogP contribution >= 0.6 is 11.6 Å². The fourth-order valence-corrected chi connectivity index (χ4v) is 3.32. The zero-order chi connectivity index (χ0) is 18.0. The number of nitrogens with one attached hydrogen (secondary N) is 1. The van der Waals surface area contributed by atoms with Crippen molar-refractivity contribution in [3.63, 3.8) is 0 Å². The van der Waals surface area contributed by atoms with Gasteiger partial charge in [0.15, 0.2) is 11.6 Å². The molecular weight excluding hydrogens is 358 g/mol. The Hall–Kier alpha value is -1.79. The average molecular weight is 374 g/mol. The van der Waals surface area contributed by atoms with Crippen molar-refractivity contribution in [2.75, 3.05) is 13.1 Å². The van der Waals surface area contributed by atoms with E-state index in [2.05, 4.69) is 5.32 Å². The molecule has 0 radical (unpaired) electrons. The minimum atomic E-state index is -0.841. The predicted octanol–water partition coefficient (Wildman–Crippen LogP) is 4.94. The third kappa shape index (κ3) is 3.90. The fourth-order valence-electron chi connectivity index (χ4n) is 3.12. The fraction of sp³-hybridized carbons (Fsp3) is 0.333. The van der Waals surface area contributed by atoms with Crippen LogP contribution in [0.3, 0.4) is 0 Å². The largest absolute Gasteiger partial charge is 0.484 e. The molecule has 25 heavy (non-hydrogen) atoms. The number of halogens is 5. The van der Waals surface area contributed by atoms with E-state index >= 15 is 0 Å². The molecule has 0 aromatic heterocycles. The maximum absolute atomic E-state index is 14.4. The van der Waals surface area contributed by atoms with Gasteiger partial charge >= 0.3 is 0 Å². The van der Waals surface area contributed by atoms with Crippen molar-refractivity contribution >= 4 is 11.6 Å². The summed E-state index contributed by atoms with van der Waals surface area (Å²) in [6, 6.07) is 3.76. The highest BCUT2D eigenvalue weighted by Crippen LogP contribution is 2.34. The third-order valence-corrected chi connectivity index (χ3v) is 4.65. The lowest BCUT2D eigenvalue weighted by molar-refractivity contribution is 0.284. The predicted molar refractivity (Wildman–Crippen MR) is 86.9 cm³/mol. The van der Waals surface area contributed by atoms with Crippen LogP contribution in [0.4, 0.5) is 17.6 Å². The lowest BCUT2D eigenvalue weighted by Crippen LogP contribution is -2.27. The first-order valence-corrected chi connectivity index (χ1v) is 8.30. The number of benzene rings is 2. The normalized spacial score (nSPS) is 15.4. The topological polar surface area (TPSA) is 21.3 Å². The van der Waals surface area contributed by atoms with Gasteiger partial charge in [0.25, 0.3) is 0 Å². The van der Waals surface area contributed by atoms with Gasteiger partial charge in [0.2, 0.25) is 0 Å². The zero-order valence-electron chi connectivity index (χ0n) is 13.2. The van der Waals surface area contributed by atoms with Crippen LogP contribution in [0.2, 0.25) is 5.02 Å². The van der Waals surface area contributed by atoms with Gasteiger partial charge in [0.1, 0.15) is 29.1 Å². The standard InChI is InChI=1S/C18H16ClF4NO/c19-17-13(21)1-2-14(22)18(17)25-9-11-7-12(20)8-15(23)16(11)10-3-5-24-6-4-10/h1-2,7-8,10,24H,3-6,9H2. The molecule has 1 N–H and O–H groups in total. The van der Waals surface area contributed by atoms with E-state index < -0.39 is 34.0 Å². The molecule has 1 heterocycles. The van der Waals surface area contributed by atoms with E-state index in [-0.39, 0.29) is 18.1 Å². The molecule has 0 bridgehead atoms. The van der Waals surface area contributed by atoms with Crippen molar-refractivity contribution in [3.05, 3.63) is 63.7 Å². The Kier molecular flexibility index (Phi) is 5.49. The molecule has 1 aliphatic heterocycles. The van der Waals surface area contributed by atoms with Gasteiger partial charge < -0.3 is 10.1 Å². The van der Waals surface area contributed by atoms with Crippen LogP contribution in [0.5, 0.6) is 5.75 Å². The van der Waals surface area contributed by atoms with Crippen molar-refractivity contribution in [2.24, 2.45) is 0 Å². The van der Waals surface area contributed by atoms with E-state index in [4.69, 9.17) is 16.3 Å². The van der Waals surface area contributed by atoms with E-state index in [0.717, 1.165) is 37.4 Å². The first kappa shape index (κ1) is 18.0. The van der Waals surface area contributed by atoms with Gasteiger partial charge in [0.05, 0.1) is 0 Å². The summed E-state index contributed by atoms with van der Waals surface area (Å²) in [7, 11) is 0. The molecule has 1 fully saturated rings. The van der Waals surface area contributed by atoms with E-state index in [0.29, 0.717) is 18.4 Å². The van der Waals surface area contributed by atoms with Gasteiger partial charge in [-0.3, -0.25) is 0 Å². The second-order valence-corrected chi connectivity index (χ2v) is 6.32. The second-order valence-electron chi connectivity index (χ2n) is 5.95. The van der Waals surface area contributed by atoms with E-state index in [1.54, 1.807) is 0 Å². The molecule has 0 saturated carbocycles. The van der Waals surface area contributed by atoms with Gasteiger partial charge in [-0.05, 0) is 61.2 Å². The first-order chi connectivity index (χ1) is 12.0. The Labute approximate surface area is 147 Å². The van der Waals surface area contributed by atoms with Crippen molar-refractivity contribution in [2.45, 2.75) is 25.4 Å². The van der Waals surface area contributed by atoms with Crippen LogP contribution in [-0.4, -0.2) is 13.1 Å². The summed E-state index contributed by atoms with van der Waals surface area (Å²) in [6.07, 6.45) is 1.40. The number of rotatable bonds is 4. The quantitative estimate of drug-likeness (QED) is 0.605. The summed E-state index contributed by atoms with van der Waals surface area (Å²) in [4.78, 5) is 0. The maximum Gasteiger partial charge on any atom is 0.177 e. The SMILES string of the molecule is Fc1cc(F)c(C2CCNCC2)c(COc2c(F)ccc(F)c2Cl)c1. The highest BCUT2D eigenvalue weighted by molar-refractivity contribution is 6.32. The van der Waals surface area contributed by atoms with E-state index in [1.807, 2.05) is 0 Å². The van der Waals surface area contributed by atoms with Crippen LogP contribution in [0, 0.1) is 23.3 Å². The molecule has 0 unspecified atom stereocenters. The molecule has 3 rings (SSSR count). The van der Waals surface area contributed by atoms with Gasteiger partial charge in [-0.15, -0.1) is 0 Å². The van der Waals surface area contributed by atoms with Crippen LogP contribution in [0.15, 0.2) is 24.3 Å². The first-order valence-electron chi connectivity index (χ1n) is 7.92. The molecule has 0 spiro atoms. The van der Waals surface area contributed by atoms with E-state index in [9.17, 15) is 17.6 Å². The molecule has 1 saturated heterocycles. The Morgan fingerprint density at radius 2 is 1.68 bits per heavy atom. The lowest BCUT2D eigenvalue weighted by atomic mass is 9.86. The molecule has 2 nitrogen and oxygen atoms in total. The number of hydrogen-bond donors (Lipinski definition) is 1. The summed E-state index contributed by atoms with van der Waals surface area (Å²) in [5, 5.41) is 2.68. The van der Waals surface area contributed by atoms with Gasteiger partial charge in [-0.2, -0.15) is 0 Å². The molecule has 7 heteroatoms. The molecular formula is C18H16ClF4NO. The zero-order valence-corrected chi connectivity index (χ0v) is 14.0. The van der Waals surface area contributed by atoms with Crippen LogP contribution in [0.1, 0.15) is 29.9 Å². The number of ether oxygens (including phenoxy) is 1. The molecule has 2 aromatic rings. The van der Waals surface area contributed by atoms with E-state index in [1.165, 1.54) is 0 Å².